The Hall–Kier alpha value is -3.16. The van der Waals surface area contributed by atoms with E-state index in [0.29, 0.717) is 16.7 Å². The summed E-state index contributed by atoms with van der Waals surface area (Å²) in [6.07, 6.45) is 0. The number of hydrogen-bond donors (Lipinski definition) is 2. The van der Waals surface area contributed by atoms with Crippen LogP contribution in [0.4, 0.5) is 0 Å². The molecule has 0 aliphatic rings. The number of fused-ring (bicyclic) bond motifs is 3. The number of aryl methyl sites for hydroxylation is 1. The van der Waals surface area contributed by atoms with Crippen molar-refractivity contribution >= 4 is 37.9 Å². The highest BCUT2D eigenvalue weighted by Crippen LogP contribution is 2.29. The molecule has 1 aromatic heterocycles. The molecule has 1 heterocycles. The molecule has 0 aliphatic carbocycles. The third kappa shape index (κ3) is 3.18. The lowest BCUT2D eigenvalue weighted by Crippen LogP contribution is -2.41. The molecular weight excluding hydrogens is 364 g/mol. The molecule has 2 N–H and O–H groups in total. The summed E-state index contributed by atoms with van der Waals surface area (Å²) in [6, 6.07) is 19.0. The molecule has 4 aromatic rings. The zero-order valence-corrected chi connectivity index (χ0v) is 15.2. The van der Waals surface area contributed by atoms with Crippen molar-refractivity contribution in [2.45, 2.75) is 11.8 Å². The molecule has 0 bridgehead atoms. The van der Waals surface area contributed by atoms with Gasteiger partial charge in [0.15, 0.2) is 0 Å². The molecule has 0 radical (unpaired) electrons. The van der Waals surface area contributed by atoms with Gasteiger partial charge in [-0.25, -0.2) is 8.42 Å². The third-order valence-electron chi connectivity index (χ3n) is 4.32. The fourth-order valence-corrected chi connectivity index (χ4v) is 4.05. The fourth-order valence-electron chi connectivity index (χ4n) is 2.97. The monoisotopic (exact) mass is 384 g/mol. The van der Waals surface area contributed by atoms with E-state index in [1.807, 2.05) is 24.3 Å². The molecule has 27 heavy (non-hydrogen) atoms. The van der Waals surface area contributed by atoms with E-state index in [1.54, 1.807) is 43.3 Å². The zero-order valence-electron chi connectivity index (χ0n) is 14.4. The molecule has 140 valence electrons. The molecule has 0 saturated heterocycles. The van der Waals surface area contributed by atoms with Gasteiger partial charge in [0.2, 0.25) is 0 Å². The van der Waals surface area contributed by atoms with Gasteiger partial charge in [0.05, 0.1) is 4.90 Å². The molecule has 1 amide bonds. The first-order valence-corrected chi connectivity index (χ1v) is 9.73. The summed E-state index contributed by atoms with van der Waals surface area (Å²) in [6.45, 7) is 1.69. The van der Waals surface area contributed by atoms with Crippen molar-refractivity contribution in [2.75, 3.05) is 0 Å². The van der Waals surface area contributed by atoms with Crippen LogP contribution in [0.2, 0.25) is 0 Å². The van der Waals surface area contributed by atoms with Crippen LogP contribution in [0.5, 0.6) is 0 Å². The number of hydrazine groups is 1. The van der Waals surface area contributed by atoms with Crippen LogP contribution in [0.15, 0.2) is 76.0 Å². The lowest BCUT2D eigenvalue weighted by Gasteiger charge is -2.10. The van der Waals surface area contributed by atoms with Crippen molar-refractivity contribution in [1.29, 1.82) is 0 Å². The molecule has 6 nitrogen and oxygen atoms in total. The first-order valence-electron chi connectivity index (χ1n) is 8.25. The largest absolute Gasteiger partial charge is 0.456 e. The number of para-hydroxylation sites is 1. The van der Waals surface area contributed by atoms with E-state index in [4.69, 9.17) is 4.42 Å². The van der Waals surface area contributed by atoms with Gasteiger partial charge in [-0.15, -0.1) is 4.83 Å². The second-order valence-electron chi connectivity index (χ2n) is 6.13. The van der Waals surface area contributed by atoms with E-state index in [2.05, 4.69) is 10.3 Å². The molecule has 0 saturated carbocycles. The van der Waals surface area contributed by atoms with Gasteiger partial charge >= 0.3 is 0 Å². The quantitative estimate of drug-likeness (QED) is 0.520. The number of furan rings is 1. The Balaban J connectivity index is 0.00000150. The van der Waals surface area contributed by atoms with Crippen molar-refractivity contribution in [3.63, 3.8) is 0 Å². The maximum atomic E-state index is 12.4. The standard InChI is InChI=1S/C20H16N2O4S.2H2/c1-13-6-2-5-9-19(13)27(24,25)22-21-20(23)14-10-11-18-16(12-14)15-7-3-4-8-17(15)26-18;;/h2-12,22H,1H3,(H,21,23);2*1H. The summed E-state index contributed by atoms with van der Waals surface area (Å²) in [4.78, 5) is 14.7. The van der Waals surface area contributed by atoms with Crippen LogP contribution in [0.3, 0.4) is 0 Å². The van der Waals surface area contributed by atoms with E-state index in [-0.39, 0.29) is 7.75 Å². The van der Waals surface area contributed by atoms with Crippen LogP contribution in [-0.4, -0.2) is 14.3 Å². The van der Waals surface area contributed by atoms with E-state index < -0.39 is 15.9 Å². The second-order valence-corrected chi connectivity index (χ2v) is 7.79. The first-order chi connectivity index (χ1) is 13.0. The number of rotatable bonds is 4. The van der Waals surface area contributed by atoms with Gasteiger partial charge in [-0.1, -0.05) is 36.4 Å². The summed E-state index contributed by atoms with van der Waals surface area (Å²) < 4.78 is 30.5. The maximum absolute atomic E-state index is 12.4. The summed E-state index contributed by atoms with van der Waals surface area (Å²) in [5.74, 6) is -0.556. The summed E-state index contributed by atoms with van der Waals surface area (Å²) in [5, 5.41) is 1.68. The fraction of sp³-hybridized carbons (Fsp3) is 0.0500. The summed E-state index contributed by atoms with van der Waals surface area (Å²) in [5.41, 5.74) is 4.56. The molecule has 0 spiro atoms. The topological polar surface area (TPSA) is 88.4 Å². The van der Waals surface area contributed by atoms with E-state index in [9.17, 15) is 13.2 Å². The van der Waals surface area contributed by atoms with Gasteiger partial charge < -0.3 is 4.42 Å². The van der Waals surface area contributed by atoms with E-state index in [0.717, 1.165) is 16.4 Å². The molecule has 3 aromatic carbocycles. The molecule has 0 aliphatic heterocycles. The average Bonchev–Trinajstić information content (AvgIpc) is 3.04. The number of amides is 1. The van der Waals surface area contributed by atoms with Crippen molar-refractivity contribution in [1.82, 2.24) is 10.3 Å². The highest BCUT2D eigenvalue weighted by molar-refractivity contribution is 7.89. The van der Waals surface area contributed by atoms with Gasteiger partial charge in [0.1, 0.15) is 11.2 Å². The highest BCUT2D eigenvalue weighted by Gasteiger charge is 2.18. The Morgan fingerprint density at radius 1 is 0.926 bits per heavy atom. The minimum absolute atomic E-state index is 0. The molecular formula is C20H20N2O4S. The Kier molecular flexibility index (Phi) is 4.18. The Morgan fingerprint density at radius 2 is 1.63 bits per heavy atom. The number of benzene rings is 3. The number of carbonyl (C=O) groups is 1. The predicted octanol–water partition coefficient (Wildman–Crippen LogP) is 4.01. The van der Waals surface area contributed by atoms with Crippen molar-refractivity contribution < 1.29 is 20.5 Å². The van der Waals surface area contributed by atoms with Crippen LogP contribution >= 0.6 is 0 Å². The number of hydrogen-bond acceptors (Lipinski definition) is 4. The lowest BCUT2D eigenvalue weighted by atomic mass is 10.1. The molecule has 0 fully saturated rings. The highest BCUT2D eigenvalue weighted by atomic mass is 32.2. The zero-order chi connectivity index (χ0) is 19.0. The Labute approximate surface area is 158 Å². The molecule has 0 unspecified atom stereocenters. The van der Waals surface area contributed by atoms with Crippen LogP contribution < -0.4 is 10.3 Å². The third-order valence-corrected chi connectivity index (χ3v) is 5.73. The number of nitrogens with one attached hydrogen (secondary N) is 2. The van der Waals surface area contributed by atoms with E-state index in [1.165, 1.54) is 6.07 Å². The lowest BCUT2D eigenvalue weighted by molar-refractivity contribution is 0.0945. The minimum atomic E-state index is -3.86. The van der Waals surface area contributed by atoms with E-state index >= 15 is 0 Å². The summed E-state index contributed by atoms with van der Waals surface area (Å²) in [7, 11) is -3.86. The second kappa shape index (κ2) is 6.53. The van der Waals surface area contributed by atoms with Crippen LogP contribution in [-0.2, 0) is 10.0 Å². The number of sulfonamides is 1. The Morgan fingerprint density at radius 3 is 2.44 bits per heavy atom. The van der Waals surface area contributed by atoms with Crippen LogP contribution in [0.25, 0.3) is 21.9 Å². The normalized spacial score (nSPS) is 11.7. The van der Waals surface area contributed by atoms with Gasteiger partial charge in [-0.3, -0.25) is 10.2 Å². The minimum Gasteiger partial charge on any atom is -0.456 e. The van der Waals surface area contributed by atoms with Gasteiger partial charge in [0.25, 0.3) is 15.9 Å². The van der Waals surface area contributed by atoms with Crippen molar-refractivity contribution in [2.24, 2.45) is 0 Å². The summed E-state index contributed by atoms with van der Waals surface area (Å²) >= 11 is 0. The molecule has 4 rings (SSSR count). The predicted molar refractivity (Wildman–Crippen MR) is 107 cm³/mol. The van der Waals surface area contributed by atoms with Crippen LogP contribution in [0.1, 0.15) is 18.8 Å². The van der Waals surface area contributed by atoms with Crippen molar-refractivity contribution in [3.05, 3.63) is 77.9 Å². The van der Waals surface area contributed by atoms with Gasteiger partial charge in [0, 0.05) is 19.2 Å². The van der Waals surface area contributed by atoms with Crippen molar-refractivity contribution in [3.8, 4) is 0 Å². The maximum Gasteiger partial charge on any atom is 0.266 e. The van der Waals surface area contributed by atoms with Gasteiger partial charge in [-0.05, 0) is 42.8 Å². The van der Waals surface area contributed by atoms with Crippen LogP contribution in [0, 0.1) is 6.92 Å². The van der Waals surface area contributed by atoms with Gasteiger partial charge in [-0.2, -0.15) is 0 Å². The average molecular weight is 384 g/mol. The SMILES string of the molecule is Cc1ccccc1S(=O)(=O)NNC(=O)c1ccc2oc3ccccc3c2c1.[HH].[HH]. The smallest absolute Gasteiger partial charge is 0.266 e. The Bertz CT molecular complexity index is 1290. The molecule has 0 atom stereocenters. The first kappa shape index (κ1) is 17.3. The number of carbonyl (C=O) groups excluding carboxylic acids is 1. The molecule has 7 heteroatoms.